The van der Waals surface area contributed by atoms with E-state index in [0.29, 0.717) is 5.69 Å². The standard InChI is InChI=1S/C20H22F2N2O3S/c1-13-4-3-5-14(2)24(13)28(26,27)17-9-7-16(8-10-17)23-20(25)15-6-11-18(21)19(22)12-15/h6-14H,3-5H2,1-2H3,(H,23,25). The van der Waals surface area contributed by atoms with E-state index in [2.05, 4.69) is 5.32 Å². The second-order valence-corrected chi connectivity index (χ2v) is 8.91. The average Bonchev–Trinajstić information content (AvgIpc) is 2.64. The number of carbonyl (C=O) groups is 1. The van der Waals surface area contributed by atoms with Crippen molar-refractivity contribution >= 4 is 21.6 Å². The summed E-state index contributed by atoms with van der Waals surface area (Å²) in [5.41, 5.74) is 0.319. The van der Waals surface area contributed by atoms with Crippen LogP contribution in [0.5, 0.6) is 0 Å². The lowest BCUT2D eigenvalue weighted by atomic mass is 10.0. The molecule has 1 saturated heterocycles. The van der Waals surface area contributed by atoms with E-state index in [1.54, 1.807) is 4.31 Å². The normalized spacial score (nSPS) is 20.7. The summed E-state index contributed by atoms with van der Waals surface area (Å²) in [4.78, 5) is 12.3. The number of halogens is 2. The fourth-order valence-corrected chi connectivity index (χ4v) is 5.43. The average molecular weight is 408 g/mol. The Labute approximate surface area is 163 Å². The molecule has 28 heavy (non-hydrogen) atoms. The van der Waals surface area contributed by atoms with Crippen LogP contribution >= 0.6 is 0 Å². The summed E-state index contributed by atoms with van der Waals surface area (Å²) in [6.07, 6.45) is 2.65. The first-order valence-electron chi connectivity index (χ1n) is 9.10. The Bertz CT molecular complexity index is 967. The lowest BCUT2D eigenvalue weighted by Gasteiger charge is -2.37. The maximum Gasteiger partial charge on any atom is 0.255 e. The highest BCUT2D eigenvalue weighted by molar-refractivity contribution is 7.89. The molecule has 0 bridgehead atoms. The number of piperidine rings is 1. The number of carbonyl (C=O) groups excluding carboxylic acids is 1. The fraction of sp³-hybridized carbons (Fsp3) is 0.350. The van der Waals surface area contributed by atoms with Crippen molar-refractivity contribution in [1.82, 2.24) is 4.31 Å². The van der Waals surface area contributed by atoms with E-state index in [1.807, 2.05) is 13.8 Å². The number of sulfonamides is 1. The van der Waals surface area contributed by atoms with Gasteiger partial charge in [0.05, 0.1) is 4.90 Å². The second-order valence-electron chi connectivity index (χ2n) is 7.07. The molecule has 5 nitrogen and oxygen atoms in total. The minimum Gasteiger partial charge on any atom is -0.322 e. The monoisotopic (exact) mass is 408 g/mol. The van der Waals surface area contributed by atoms with Crippen LogP contribution in [0.1, 0.15) is 43.5 Å². The third-order valence-corrected chi connectivity index (χ3v) is 7.12. The van der Waals surface area contributed by atoms with Crippen LogP contribution < -0.4 is 5.32 Å². The summed E-state index contributed by atoms with van der Waals surface area (Å²) in [5, 5.41) is 2.54. The van der Waals surface area contributed by atoms with Crippen LogP contribution in [0.3, 0.4) is 0 Å². The molecular formula is C20H22F2N2O3S. The van der Waals surface area contributed by atoms with Crippen LogP contribution in [-0.2, 0) is 10.0 Å². The predicted molar refractivity (Wildman–Crippen MR) is 103 cm³/mol. The molecule has 0 spiro atoms. The minimum absolute atomic E-state index is 0.0356. The lowest BCUT2D eigenvalue weighted by molar-refractivity contribution is 0.102. The Balaban J connectivity index is 1.77. The maximum atomic E-state index is 13.3. The summed E-state index contributed by atoms with van der Waals surface area (Å²) in [6.45, 7) is 3.81. The molecule has 0 radical (unpaired) electrons. The first-order valence-corrected chi connectivity index (χ1v) is 10.5. The SMILES string of the molecule is CC1CCCC(C)N1S(=O)(=O)c1ccc(NC(=O)c2ccc(F)c(F)c2)cc1. The second kappa shape index (κ2) is 7.97. The van der Waals surface area contributed by atoms with Gasteiger partial charge in [0.25, 0.3) is 5.91 Å². The first-order chi connectivity index (χ1) is 13.2. The quantitative estimate of drug-likeness (QED) is 0.826. The molecule has 2 unspecified atom stereocenters. The molecule has 1 amide bonds. The molecular weight excluding hydrogens is 386 g/mol. The highest BCUT2D eigenvalue weighted by atomic mass is 32.2. The van der Waals surface area contributed by atoms with Crippen molar-refractivity contribution in [3.05, 3.63) is 59.7 Å². The molecule has 1 aliphatic rings. The number of nitrogens with one attached hydrogen (secondary N) is 1. The summed E-state index contributed by atoms with van der Waals surface area (Å²) in [6, 6.07) is 8.54. The zero-order chi connectivity index (χ0) is 20.5. The molecule has 3 rings (SSSR count). The van der Waals surface area contributed by atoms with E-state index in [4.69, 9.17) is 0 Å². The van der Waals surface area contributed by atoms with Crippen molar-refractivity contribution in [2.24, 2.45) is 0 Å². The van der Waals surface area contributed by atoms with Gasteiger partial charge in [-0.2, -0.15) is 4.31 Å². The van der Waals surface area contributed by atoms with Crippen molar-refractivity contribution in [3.63, 3.8) is 0 Å². The summed E-state index contributed by atoms with van der Waals surface area (Å²) >= 11 is 0. The summed E-state index contributed by atoms with van der Waals surface area (Å²) < 4.78 is 53.8. The van der Waals surface area contributed by atoms with Gasteiger partial charge in [0.1, 0.15) is 0 Å². The number of rotatable bonds is 4. The molecule has 0 saturated carbocycles. The first kappa shape index (κ1) is 20.4. The number of hydrogen-bond acceptors (Lipinski definition) is 3. The Hall–Kier alpha value is -2.32. The molecule has 1 aliphatic heterocycles. The van der Waals surface area contributed by atoms with Gasteiger partial charge in [0.2, 0.25) is 10.0 Å². The van der Waals surface area contributed by atoms with Gasteiger partial charge < -0.3 is 5.32 Å². The molecule has 2 aromatic rings. The third-order valence-electron chi connectivity index (χ3n) is 4.98. The molecule has 0 aliphatic carbocycles. The van der Waals surface area contributed by atoms with Gasteiger partial charge in [-0.3, -0.25) is 4.79 Å². The third kappa shape index (κ3) is 4.07. The molecule has 8 heteroatoms. The van der Waals surface area contributed by atoms with Crippen molar-refractivity contribution in [2.75, 3.05) is 5.32 Å². The van der Waals surface area contributed by atoms with E-state index in [-0.39, 0.29) is 22.5 Å². The van der Waals surface area contributed by atoms with Crippen molar-refractivity contribution < 1.29 is 22.0 Å². The molecule has 1 heterocycles. The van der Waals surface area contributed by atoms with Crippen molar-refractivity contribution in [2.45, 2.75) is 50.1 Å². The Morgan fingerprint density at radius 3 is 2.18 bits per heavy atom. The Morgan fingerprint density at radius 2 is 1.61 bits per heavy atom. The number of hydrogen-bond donors (Lipinski definition) is 1. The van der Waals surface area contributed by atoms with E-state index in [9.17, 15) is 22.0 Å². The summed E-state index contributed by atoms with van der Waals surface area (Å²) in [5.74, 6) is -2.76. The Kier molecular flexibility index (Phi) is 5.81. The van der Waals surface area contributed by atoms with Crippen LogP contribution in [0.4, 0.5) is 14.5 Å². The minimum atomic E-state index is -3.64. The topological polar surface area (TPSA) is 66.5 Å². The van der Waals surface area contributed by atoms with Gasteiger partial charge in [0.15, 0.2) is 11.6 Å². The lowest BCUT2D eigenvalue weighted by Crippen LogP contribution is -2.47. The van der Waals surface area contributed by atoms with Crippen LogP contribution in [0.2, 0.25) is 0 Å². The van der Waals surface area contributed by atoms with Crippen LogP contribution in [0.25, 0.3) is 0 Å². The van der Waals surface area contributed by atoms with Gasteiger partial charge in [-0.05, 0) is 69.2 Å². The number of amides is 1. The van der Waals surface area contributed by atoms with Gasteiger partial charge in [0, 0.05) is 23.3 Å². The maximum absolute atomic E-state index is 13.3. The largest absolute Gasteiger partial charge is 0.322 e. The highest BCUT2D eigenvalue weighted by Crippen LogP contribution is 2.30. The number of benzene rings is 2. The van der Waals surface area contributed by atoms with E-state index >= 15 is 0 Å². The van der Waals surface area contributed by atoms with Gasteiger partial charge in [-0.1, -0.05) is 6.42 Å². The highest BCUT2D eigenvalue weighted by Gasteiger charge is 2.35. The fourth-order valence-electron chi connectivity index (χ4n) is 3.54. The van der Waals surface area contributed by atoms with E-state index in [0.717, 1.165) is 31.4 Å². The molecule has 150 valence electrons. The molecule has 0 aromatic heterocycles. The number of nitrogens with zero attached hydrogens (tertiary/aromatic N) is 1. The molecule has 2 atom stereocenters. The summed E-state index contributed by atoms with van der Waals surface area (Å²) in [7, 11) is -3.64. The van der Waals surface area contributed by atoms with Gasteiger partial charge >= 0.3 is 0 Å². The predicted octanol–water partition coefficient (Wildman–Crippen LogP) is 4.17. The van der Waals surface area contributed by atoms with E-state index in [1.165, 1.54) is 30.3 Å². The Morgan fingerprint density at radius 1 is 1.00 bits per heavy atom. The van der Waals surface area contributed by atoms with Crippen molar-refractivity contribution in [3.8, 4) is 0 Å². The van der Waals surface area contributed by atoms with Gasteiger partial charge in [-0.25, -0.2) is 17.2 Å². The molecule has 1 fully saturated rings. The van der Waals surface area contributed by atoms with Crippen molar-refractivity contribution in [1.29, 1.82) is 0 Å². The number of anilines is 1. The molecule has 1 N–H and O–H groups in total. The van der Waals surface area contributed by atoms with E-state index < -0.39 is 27.6 Å². The van der Waals surface area contributed by atoms with Gasteiger partial charge in [-0.15, -0.1) is 0 Å². The zero-order valence-corrected chi connectivity index (χ0v) is 16.5. The zero-order valence-electron chi connectivity index (χ0n) is 15.7. The van der Waals surface area contributed by atoms with Crippen LogP contribution in [0.15, 0.2) is 47.4 Å². The molecule has 2 aromatic carbocycles. The van der Waals surface area contributed by atoms with Crippen LogP contribution in [-0.4, -0.2) is 30.7 Å². The smallest absolute Gasteiger partial charge is 0.255 e. The van der Waals surface area contributed by atoms with Crippen LogP contribution in [0, 0.1) is 11.6 Å².